The summed E-state index contributed by atoms with van der Waals surface area (Å²) in [5, 5.41) is 0. The minimum atomic E-state index is -0.261. The molecule has 1 aromatic carbocycles. The van der Waals surface area contributed by atoms with Crippen LogP contribution in [0.4, 0.5) is 5.69 Å². The summed E-state index contributed by atoms with van der Waals surface area (Å²) in [6.45, 7) is 1.71. The largest absolute Gasteiger partial charge is 0.460 e. The summed E-state index contributed by atoms with van der Waals surface area (Å²) in [5.74, 6) is -0.261. The number of fused-ring (bicyclic) bond motifs is 1. The maximum atomic E-state index is 10.6. The lowest BCUT2D eigenvalue weighted by Crippen LogP contribution is -2.11. The maximum absolute atomic E-state index is 10.6. The molecule has 0 unspecified atom stereocenters. The fourth-order valence-corrected chi connectivity index (χ4v) is 1.47. The van der Waals surface area contributed by atoms with E-state index in [9.17, 15) is 4.79 Å². The molecule has 3 nitrogen and oxygen atoms in total. The molecule has 0 spiro atoms. The van der Waals surface area contributed by atoms with Gasteiger partial charge in [-0.05, 0) is 11.6 Å². The van der Waals surface area contributed by atoms with E-state index in [1.54, 1.807) is 0 Å². The zero-order valence-electron chi connectivity index (χ0n) is 7.99. The van der Waals surface area contributed by atoms with E-state index in [-0.39, 0.29) is 5.97 Å². The summed E-state index contributed by atoms with van der Waals surface area (Å²) in [7, 11) is 0. The number of ether oxygens (including phenoxy) is 1. The van der Waals surface area contributed by atoms with Crippen molar-refractivity contribution in [3.63, 3.8) is 0 Å². The monoisotopic (exact) mass is 189 g/mol. The van der Waals surface area contributed by atoms with E-state index in [0.717, 1.165) is 17.8 Å². The number of carbonyl (C=O) groups is 1. The van der Waals surface area contributed by atoms with Gasteiger partial charge in [-0.2, -0.15) is 0 Å². The van der Waals surface area contributed by atoms with Crippen LogP contribution in [0.15, 0.2) is 29.3 Å². The molecule has 0 amide bonds. The Hall–Kier alpha value is -1.64. The molecule has 14 heavy (non-hydrogen) atoms. The van der Waals surface area contributed by atoms with E-state index in [4.69, 9.17) is 4.74 Å². The van der Waals surface area contributed by atoms with Crippen LogP contribution >= 0.6 is 0 Å². The van der Waals surface area contributed by atoms with E-state index < -0.39 is 0 Å². The molecule has 1 heterocycles. The Morgan fingerprint density at radius 3 is 3.00 bits per heavy atom. The maximum Gasteiger partial charge on any atom is 0.303 e. The van der Waals surface area contributed by atoms with Crippen molar-refractivity contribution < 1.29 is 9.53 Å². The highest BCUT2D eigenvalue weighted by Crippen LogP contribution is 2.25. The van der Waals surface area contributed by atoms with Crippen molar-refractivity contribution >= 4 is 17.4 Å². The number of para-hydroxylation sites is 1. The van der Waals surface area contributed by atoms with Gasteiger partial charge in [0.2, 0.25) is 0 Å². The SMILES string of the molecule is CC(=O)OCC1=Nc2ccccc2C1. The minimum Gasteiger partial charge on any atom is -0.460 e. The standard InChI is InChI=1S/C11H11NO2/c1-8(13)14-7-10-6-9-4-2-3-5-11(9)12-10/h2-5H,6-7H2,1H3. The first-order valence-electron chi connectivity index (χ1n) is 4.53. The van der Waals surface area contributed by atoms with Crippen LogP contribution in [-0.4, -0.2) is 18.3 Å². The summed E-state index contributed by atoms with van der Waals surface area (Å²) < 4.78 is 4.89. The van der Waals surface area contributed by atoms with Crippen molar-refractivity contribution in [1.82, 2.24) is 0 Å². The summed E-state index contributed by atoms with van der Waals surface area (Å²) in [6, 6.07) is 7.95. The first kappa shape index (κ1) is 8.94. The number of hydrogen-bond donors (Lipinski definition) is 0. The second kappa shape index (κ2) is 3.62. The van der Waals surface area contributed by atoms with Crippen molar-refractivity contribution in [2.75, 3.05) is 6.61 Å². The molecular formula is C11H11NO2. The van der Waals surface area contributed by atoms with Gasteiger partial charge in [-0.1, -0.05) is 18.2 Å². The fraction of sp³-hybridized carbons (Fsp3) is 0.273. The van der Waals surface area contributed by atoms with E-state index >= 15 is 0 Å². The Kier molecular flexibility index (Phi) is 2.31. The number of esters is 1. The quantitative estimate of drug-likeness (QED) is 0.666. The molecule has 0 radical (unpaired) electrons. The lowest BCUT2D eigenvalue weighted by atomic mass is 10.1. The number of rotatable bonds is 2. The Morgan fingerprint density at radius 2 is 2.29 bits per heavy atom. The molecular weight excluding hydrogens is 178 g/mol. The predicted octanol–water partition coefficient (Wildman–Crippen LogP) is 1.88. The van der Waals surface area contributed by atoms with E-state index in [2.05, 4.69) is 4.99 Å². The van der Waals surface area contributed by atoms with Gasteiger partial charge >= 0.3 is 5.97 Å². The molecule has 3 heteroatoms. The number of hydrogen-bond acceptors (Lipinski definition) is 3. The summed E-state index contributed by atoms with van der Waals surface area (Å²) in [4.78, 5) is 15.0. The van der Waals surface area contributed by atoms with Crippen LogP contribution in [0.5, 0.6) is 0 Å². The molecule has 0 aromatic heterocycles. The third-order valence-corrected chi connectivity index (χ3v) is 2.11. The van der Waals surface area contributed by atoms with Crippen molar-refractivity contribution in [2.45, 2.75) is 13.3 Å². The average molecular weight is 189 g/mol. The molecule has 1 aromatic rings. The molecule has 0 saturated heterocycles. The van der Waals surface area contributed by atoms with Crippen LogP contribution in [0.3, 0.4) is 0 Å². The predicted molar refractivity (Wildman–Crippen MR) is 53.9 cm³/mol. The molecule has 0 fully saturated rings. The Balaban J connectivity index is 2.05. The number of aliphatic imine (C=N–C) groups is 1. The topological polar surface area (TPSA) is 38.7 Å². The number of carbonyl (C=O) groups excluding carboxylic acids is 1. The van der Waals surface area contributed by atoms with Crippen LogP contribution in [0, 0.1) is 0 Å². The van der Waals surface area contributed by atoms with Crippen LogP contribution in [0.1, 0.15) is 12.5 Å². The highest BCUT2D eigenvalue weighted by atomic mass is 16.5. The van der Waals surface area contributed by atoms with Gasteiger partial charge in [-0.25, -0.2) is 0 Å². The highest BCUT2D eigenvalue weighted by molar-refractivity contribution is 5.95. The van der Waals surface area contributed by atoms with E-state index in [1.807, 2.05) is 24.3 Å². The van der Waals surface area contributed by atoms with Gasteiger partial charge in [-0.15, -0.1) is 0 Å². The van der Waals surface area contributed by atoms with Crippen LogP contribution in [-0.2, 0) is 16.0 Å². The van der Waals surface area contributed by atoms with Crippen molar-refractivity contribution in [1.29, 1.82) is 0 Å². The van der Waals surface area contributed by atoms with Crippen LogP contribution < -0.4 is 0 Å². The van der Waals surface area contributed by atoms with Gasteiger partial charge in [-0.3, -0.25) is 9.79 Å². The normalized spacial score (nSPS) is 13.4. The molecule has 0 aliphatic carbocycles. The molecule has 1 aliphatic rings. The molecule has 0 bridgehead atoms. The highest BCUT2D eigenvalue weighted by Gasteiger charge is 2.13. The van der Waals surface area contributed by atoms with Crippen LogP contribution in [0.25, 0.3) is 0 Å². The molecule has 0 N–H and O–H groups in total. The molecule has 0 saturated carbocycles. The third kappa shape index (κ3) is 1.82. The number of nitrogens with zero attached hydrogens (tertiary/aromatic N) is 1. The van der Waals surface area contributed by atoms with Crippen molar-refractivity contribution in [2.24, 2.45) is 4.99 Å². The minimum absolute atomic E-state index is 0.261. The second-order valence-electron chi connectivity index (χ2n) is 3.26. The van der Waals surface area contributed by atoms with Crippen LogP contribution in [0.2, 0.25) is 0 Å². The third-order valence-electron chi connectivity index (χ3n) is 2.11. The van der Waals surface area contributed by atoms with Gasteiger partial charge in [0.1, 0.15) is 6.61 Å². The van der Waals surface area contributed by atoms with E-state index in [0.29, 0.717) is 6.61 Å². The molecule has 1 aliphatic heterocycles. The molecule has 2 rings (SSSR count). The first-order valence-corrected chi connectivity index (χ1v) is 4.53. The van der Waals surface area contributed by atoms with Gasteiger partial charge in [0.05, 0.1) is 11.4 Å². The smallest absolute Gasteiger partial charge is 0.303 e. The average Bonchev–Trinajstić information content (AvgIpc) is 2.57. The molecule has 0 atom stereocenters. The lowest BCUT2D eigenvalue weighted by molar-refractivity contribution is -0.139. The number of benzene rings is 1. The van der Waals surface area contributed by atoms with Crippen molar-refractivity contribution in [3.05, 3.63) is 29.8 Å². The van der Waals surface area contributed by atoms with Gasteiger partial charge in [0.25, 0.3) is 0 Å². The Morgan fingerprint density at radius 1 is 1.50 bits per heavy atom. The fourth-order valence-electron chi connectivity index (χ4n) is 1.47. The summed E-state index contributed by atoms with van der Waals surface area (Å²) >= 11 is 0. The lowest BCUT2D eigenvalue weighted by Gasteiger charge is -1.99. The Bertz CT molecular complexity index is 396. The second-order valence-corrected chi connectivity index (χ2v) is 3.26. The van der Waals surface area contributed by atoms with Gasteiger partial charge < -0.3 is 4.74 Å². The van der Waals surface area contributed by atoms with Gasteiger partial charge in [0.15, 0.2) is 0 Å². The summed E-state index contributed by atoms with van der Waals surface area (Å²) in [6.07, 6.45) is 0.795. The first-order chi connectivity index (χ1) is 6.75. The molecule has 72 valence electrons. The summed E-state index contributed by atoms with van der Waals surface area (Å²) in [5.41, 5.74) is 3.12. The van der Waals surface area contributed by atoms with Crippen molar-refractivity contribution in [3.8, 4) is 0 Å². The zero-order valence-corrected chi connectivity index (χ0v) is 7.99. The Labute approximate surface area is 82.4 Å². The van der Waals surface area contributed by atoms with Gasteiger partial charge in [0, 0.05) is 13.3 Å². The zero-order chi connectivity index (χ0) is 9.97. The van der Waals surface area contributed by atoms with E-state index in [1.165, 1.54) is 12.5 Å².